The molecule has 1 amide bonds. The van der Waals surface area contributed by atoms with Crippen LogP contribution in [0.1, 0.15) is 36.1 Å². The average molecular weight is 306 g/mol. The van der Waals surface area contributed by atoms with Crippen molar-refractivity contribution in [3.05, 3.63) is 65.2 Å². The first kappa shape index (κ1) is 14.3. The zero-order valence-corrected chi connectivity index (χ0v) is 13.5. The lowest BCUT2D eigenvalue weighted by Crippen LogP contribution is -2.45. The van der Waals surface area contributed by atoms with Crippen molar-refractivity contribution in [1.82, 2.24) is 5.32 Å². The van der Waals surface area contributed by atoms with E-state index < -0.39 is 0 Å². The average Bonchev–Trinajstić information content (AvgIpc) is 3.19. The molecule has 3 nitrogen and oxygen atoms in total. The fourth-order valence-corrected chi connectivity index (χ4v) is 3.91. The van der Waals surface area contributed by atoms with Gasteiger partial charge in [-0.2, -0.15) is 0 Å². The molecule has 0 saturated carbocycles. The fraction of sp³-hybridized carbons (Fsp3) is 0.350. The van der Waals surface area contributed by atoms with E-state index in [2.05, 4.69) is 58.7 Å². The molecule has 1 aliphatic carbocycles. The Kier molecular flexibility index (Phi) is 3.56. The van der Waals surface area contributed by atoms with Gasteiger partial charge < -0.3 is 10.2 Å². The monoisotopic (exact) mass is 306 g/mol. The van der Waals surface area contributed by atoms with Crippen molar-refractivity contribution in [2.45, 2.75) is 38.3 Å². The number of hydrogen-bond acceptors (Lipinski definition) is 2. The van der Waals surface area contributed by atoms with Gasteiger partial charge in [0, 0.05) is 12.2 Å². The highest BCUT2D eigenvalue weighted by Crippen LogP contribution is 2.32. The van der Waals surface area contributed by atoms with Gasteiger partial charge in [-0.1, -0.05) is 42.5 Å². The summed E-state index contributed by atoms with van der Waals surface area (Å²) in [4.78, 5) is 15.0. The summed E-state index contributed by atoms with van der Waals surface area (Å²) in [6.07, 6.45) is 3.09. The lowest BCUT2D eigenvalue weighted by molar-refractivity contribution is -0.122. The van der Waals surface area contributed by atoms with Crippen LogP contribution in [0.3, 0.4) is 0 Å². The molecule has 1 aliphatic heterocycles. The van der Waals surface area contributed by atoms with Crippen LogP contribution in [-0.4, -0.2) is 18.5 Å². The Morgan fingerprint density at radius 2 is 1.83 bits per heavy atom. The van der Waals surface area contributed by atoms with Crippen LogP contribution in [0.5, 0.6) is 0 Å². The number of aryl methyl sites for hydroxylation is 1. The molecule has 2 aromatic carbocycles. The van der Waals surface area contributed by atoms with Gasteiger partial charge in [0.2, 0.25) is 5.91 Å². The minimum absolute atomic E-state index is 0.128. The topological polar surface area (TPSA) is 32.3 Å². The molecular formula is C20H22N2O. The van der Waals surface area contributed by atoms with E-state index in [4.69, 9.17) is 0 Å². The van der Waals surface area contributed by atoms with Crippen LogP contribution >= 0.6 is 0 Å². The van der Waals surface area contributed by atoms with E-state index in [9.17, 15) is 4.79 Å². The van der Waals surface area contributed by atoms with Crippen molar-refractivity contribution in [2.24, 2.45) is 0 Å². The molecule has 1 N–H and O–H groups in total. The zero-order valence-electron chi connectivity index (χ0n) is 13.5. The summed E-state index contributed by atoms with van der Waals surface area (Å²) in [7, 11) is 0. The Balaban J connectivity index is 1.48. The SMILES string of the molecule is C[C@@H](C(=O)N[C@H]1CCc2ccccc21)N1CCc2ccccc21. The second-order valence-electron chi connectivity index (χ2n) is 6.55. The van der Waals surface area contributed by atoms with E-state index in [1.54, 1.807) is 0 Å². The number of fused-ring (bicyclic) bond motifs is 2. The van der Waals surface area contributed by atoms with Crippen molar-refractivity contribution in [3.8, 4) is 0 Å². The number of benzene rings is 2. The highest BCUT2D eigenvalue weighted by atomic mass is 16.2. The summed E-state index contributed by atoms with van der Waals surface area (Å²) in [6.45, 7) is 2.94. The molecular weight excluding hydrogens is 284 g/mol. The highest BCUT2D eigenvalue weighted by molar-refractivity contribution is 5.86. The van der Waals surface area contributed by atoms with Crippen LogP contribution in [0.2, 0.25) is 0 Å². The van der Waals surface area contributed by atoms with Gasteiger partial charge in [0.1, 0.15) is 6.04 Å². The van der Waals surface area contributed by atoms with Gasteiger partial charge in [0.05, 0.1) is 6.04 Å². The molecule has 2 aliphatic rings. The number of nitrogens with zero attached hydrogens (tertiary/aromatic N) is 1. The number of nitrogens with one attached hydrogen (secondary N) is 1. The van der Waals surface area contributed by atoms with Crippen molar-refractivity contribution in [2.75, 3.05) is 11.4 Å². The zero-order chi connectivity index (χ0) is 15.8. The number of para-hydroxylation sites is 1. The Bertz CT molecular complexity index is 740. The standard InChI is InChI=1S/C20H22N2O/c1-14(22-13-12-16-7-3-5-9-19(16)22)20(23)21-18-11-10-15-6-2-4-8-17(15)18/h2-9,14,18H,10-13H2,1H3,(H,21,23)/t14-,18-/m0/s1. The molecule has 0 spiro atoms. The number of carbonyl (C=O) groups is 1. The largest absolute Gasteiger partial charge is 0.359 e. The minimum atomic E-state index is -0.133. The minimum Gasteiger partial charge on any atom is -0.359 e. The maximum Gasteiger partial charge on any atom is 0.242 e. The number of carbonyl (C=O) groups excluding carboxylic acids is 1. The maximum absolute atomic E-state index is 12.8. The van der Waals surface area contributed by atoms with Gasteiger partial charge in [-0.25, -0.2) is 0 Å². The summed E-state index contributed by atoms with van der Waals surface area (Å²) < 4.78 is 0. The van der Waals surface area contributed by atoms with Crippen molar-refractivity contribution < 1.29 is 4.79 Å². The maximum atomic E-state index is 12.8. The smallest absolute Gasteiger partial charge is 0.242 e. The van der Waals surface area contributed by atoms with Gasteiger partial charge in [0.25, 0.3) is 0 Å². The van der Waals surface area contributed by atoms with Crippen LogP contribution in [0.15, 0.2) is 48.5 Å². The van der Waals surface area contributed by atoms with Gasteiger partial charge in [0.15, 0.2) is 0 Å². The first-order chi connectivity index (χ1) is 11.2. The third-order valence-electron chi connectivity index (χ3n) is 5.22. The molecule has 23 heavy (non-hydrogen) atoms. The molecule has 0 unspecified atom stereocenters. The molecule has 0 fully saturated rings. The van der Waals surface area contributed by atoms with Crippen LogP contribution in [-0.2, 0) is 17.6 Å². The summed E-state index contributed by atoms with van der Waals surface area (Å²) in [5, 5.41) is 3.26. The first-order valence-corrected chi connectivity index (χ1v) is 8.47. The van der Waals surface area contributed by atoms with Crippen molar-refractivity contribution in [1.29, 1.82) is 0 Å². The number of rotatable bonds is 3. The molecule has 3 heteroatoms. The second-order valence-corrected chi connectivity index (χ2v) is 6.55. The van der Waals surface area contributed by atoms with Gasteiger partial charge >= 0.3 is 0 Å². The predicted octanol–water partition coefficient (Wildman–Crippen LogP) is 3.24. The van der Waals surface area contributed by atoms with E-state index >= 15 is 0 Å². The highest BCUT2D eigenvalue weighted by Gasteiger charge is 2.30. The summed E-state index contributed by atoms with van der Waals surface area (Å²) >= 11 is 0. The van der Waals surface area contributed by atoms with Gasteiger partial charge in [-0.05, 0) is 48.9 Å². The quantitative estimate of drug-likeness (QED) is 0.944. The molecule has 2 aromatic rings. The molecule has 2 atom stereocenters. The Hall–Kier alpha value is -2.29. The van der Waals surface area contributed by atoms with E-state index in [-0.39, 0.29) is 18.0 Å². The Labute approximate surface area is 137 Å². The van der Waals surface area contributed by atoms with Crippen LogP contribution < -0.4 is 10.2 Å². The normalized spacial score (nSPS) is 20.0. The second kappa shape index (κ2) is 5.73. The lowest BCUT2D eigenvalue weighted by Gasteiger charge is -2.28. The molecule has 0 saturated heterocycles. The van der Waals surface area contributed by atoms with Crippen molar-refractivity contribution >= 4 is 11.6 Å². The third kappa shape index (κ3) is 2.50. The first-order valence-electron chi connectivity index (χ1n) is 8.47. The number of anilines is 1. The lowest BCUT2D eigenvalue weighted by atomic mass is 10.1. The molecule has 1 heterocycles. The number of amides is 1. The van der Waals surface area contributed by atoms with Crippen LogP contribution in [0.25, 0.3) is 0 Å². The third-order valence-corrected chi connectivity index (χ3v) is 5.22. The van der Waals surface area contributed by atoms with Gasteiger partial charge in [-0.3, -0.25) is 4.79 Å². The fourth-order valence-electron chi connectivity index (χ4n) is 3.91. The Morgan fingerprint density at radius 1 is 1.09 bits per heavy atom. The predicted molar refractivity (Wildman–Crippen MR) is 92.6 cm³/mol. The molecule has 0 bridgehead atoms. The molecule has 4 rings (SSSR count). The summed E-state index contributed by atoms with van der Waals surface area (Å²) in [5.74, 6) is 0.128. The Morgan fingerprint density at radius 3 is 2.70 bits per heavy atom. The van der Waals surface area contributed by atoms with E-state index in [0.29, 0.717) is 0 Å². The molecule has 0 aromatic heterocycles. The van der Waals surface area contributed by atoms with E-state index in [1.165, 1.54) is 22.4 Å². The number of hydrogen-bond donors (Lipinski definition) is 1. The van der Waals surface area contributed by atoms with Gasteiger partial charge in [-0.15, -0.1) is 0 Å². The summed E-state index contributed by atoms with van der Waals surface area (Å²) in [6, 6.07) is 16.9. The van der Waals surface area contributed by atoms with E-state index in [1.807, 2.05) is 6.92 Å². The molecule has 0 radical (unpaired) electrons. The summed E-state index contributed by atoms with van der Waals surface area (Å²) in [5.41, 5.74) is 5.21. The molecule has 118 valence electrons. The van der Waals surface area contributed by atoms with Crippen molar-refractivity contribution in [3.63, 3.8) is 0 Å². The van der Waals surface area contributed by atoms with Crippen LogP contribution in [0, 0.1) is 0 Å². The van der Waals surface area contributed by atoms with Crippen LogP contribution in [0.4, 0.5) is 5.69 Å². The van der Waals surface area contributed by atoms with E-state index in [0.717, 1.165) is 25.8 Å².